The van der Waals surface area contributed by atoms with Crippen molar-refractivity contribution in [1.29, 1.82) is 0 Å². The minimum absolute atomic E-state index is 0.120. The number of anilines is 1. The van der Waals surface area contributed by atoms with Crippen molar-refractivity contribution in [3.05, 3.63) is 17.0 Å². The number of hydrogen-bond acceptors (Lipinski definition) is 5. The van der Waals surface area contributed by atoms with Gasteiger partial charge < -0.3 is 10.1 Å². The van der Waals surface area contributed by atoms with Crippen molar-refractivity contribution >= 4 is 23.4 Å². The number of hydrogen-bond donors (Lipinski definition) is 1. The molecule has 0 amide bonds. The first-order valence-electron chi connectivity index (χ1n) is 8.81. The summed E-state index contributed by atoms with van der Waals surface area (Å²) in [4.78, 5) is 20.1. The lowest BCUT2D eigenvalue weighted by molar-refractivity contribution is -0.156. The third-order valence-corrected chi connectivity index (χ3v) is 4.38. The third kappa shape index (κ3) is 5.61. The second-order valence-electron chi connectivity index (χ2n) is 7.91. The van der Waals surface area contributed by atoms with Crippen LogP contribution in [0, 0.1) is 23.7 Å². The van der Waals surface area contributed by atoms with E-state index in [1.165, 1.54) is 0 Å². The fourth-order valence-corrected chi connectivity index (χ4v) is 2.94. The van der Waals surface area contributed by atoms with Crippen LogP contribution in [0.3, 0.4) is 0 Å². The molecule has 2 fully saturated rings. The maximum atomic E-state index is 11.8. The maximum absolute atomic E-state index is 11.8. The van der Waals surface area contributed by atoms with Crippen LogP contribution in [-0.4, -0.2) is 27.6 Å². The van der Waals surface area contributed by atoms with Gasteiger partial charge in [0.15, 0.2) is 0 Å². The van der Waals surface area contributed by atoms with E-state index in [2.05, 4.69) is 27.1 Å². The van der Waals surface area contributed by atoms with Gasteiger partial charge in [0.2, 0.25) is 5.28 Å². The molecule has 0 aliphatic heterocycles. The first kappa shape index (κ1) is 18.0. The van der Waals surface area contributed by atoms with Gasteiger partial charge in [0.1, 0.15) is 11.4 Å². The summed E-state index contributed by atoms with van der Waals surface area (Å²) in [6, 6.07) is 0.480. The Hall–Kier alpha value is -1.80. The molecule has 0 unspecified atom stereocenters. The molecule has 0 spiro atoms. The van der Waals surface area contributed by atoms with Crippen LogP contribution >= 0.6 is 11.6 Å². The van der Waals surface area contributed by atoms with Crippen molar-refractivity contribution in [2.75, 3.05) is 5.32 Å². The van der Waals surface area contributed by atoms with Crippen LogP contribution in [-0.2, 0) is 9.53 Å². The molecule has 0 radical (unpaired) electrons. The van der Waals surface area contributed by atoms with Gasteiger partial charge in [0.25, 0.3) is 0 Å². The zero-order valence-electron chi connectivity index (χ0n) is 14.9. The number of carbonyl (C=O) groups is 1. The quantitative estimate of drug-likeness (QED) is 0.502. The lowest BCUT2D eigenvalue weighted by Gasteiger charge is -2.32. The second kappa shape index (κ2) is 7.21. The maximum Gasteiger partial charge on any atom is 0.306 e. The van der Waals surface area contributed by atoms with Crippen molar-refractivity contribution in [2.24, 2.45) is 11.8 Å². The molecule has 2 saturated carbocycles. The van der Waals surface area contributed by atoms with Crippen molar-refractivity contribution < 1.29 is 9.53 Å². The fraction of sp³-hybridized carbons (Fsp3) is 0.632. The number of rotatable bonds is 4. The largest absolute Gasteiger partial charge is 0.460 e. The minimum atomic E-state index is -0.417. The predicted octanol–water partition coefficient (Wildman–Crippen LogP) is 3.81. The van der Waals surface area contributed by atoms with Gasteiger partial charge in [-0.1, -0.05) is 11.8 Å². The molecule has 1 aromatic rings. The van der Waals surface area contributed by atoms with E-state index in [4.69, 9.17) is 16.3 Å². The molecule has 0 atom stereocenters. The van der Waals surface area contributed by atoms with E-state index in [0.29, 0.717) is 24.3 Å². The van der Waals surface area contributed by atoms with Gasteiger partial charge in [0, 0.05) is 24.6 Å². The first-order valence-corrected chi connectivity index (χ1v) is 9.19. The number of esters is 1. The Balaban J connectivity index is 1.51. The van der Waals surface area contributed by atoms with E-state index < -0.39 is 5.60 Å². The average Bonchev–Trinajstić information content (AvgIpc) is 3.25. The zero-order valence-corrected chi connectivity index (χ0v) is 15.7. The van der Waals surface area contributed by atoms with Gasteiger partial charge >= 0.3 is 5.97 Å². The summed E-state index contributed by atoms with van der Waals surface area (Å²) in [6.45, 7) is 5.67. The van der Waals surface area contributed by atoms with Crippen LogP contribution in [0.2, 0.25) is 5.28 Å². The number of halogens is 1. The molecule has 1 heterocycles. The van der Waals surface area contributed by atoms with Gasteiger partial charge in [-0.2, -0.15) is 4.98 Å². The van der Waals surface area contributed by atoms with Gasteiger partial charge in [-0.05, 0) is 64.0 Å². The number of aromatic nitrogens is 2. The minimum Gasteiger partial charge on any atom is -0.460 e. The van der Waals surface area contributed by atoms with E-state index in [0.717, 1.165) is 37.1 Å². The summed E-state index contributed by atoms with van der Waals surface area (Å²) in [5, 5.41) is 3.57. The molecule has 0 bridgehead atoms. The molecular weight excluding hydrogens is 338 g/mol. The summed E-state index contributed by atoms with van der Waals surface area (Å²) >= 11 is 5.88. The summed E-state index contributed by atoms with van der Waals surface area (Å²) in [5.74, 6) is 7.74. The van der Waals surface area contributed by atoms with Crippen LogP contribution in [0.15, 0.2) is 6.20 Å². The standard InChI is InChI=1S/C19H24ClN3O2/c1-19(2,3)25-16(24)10-13-8-12(9-13)4-5-14-11-21-18(20)23-17(14)22-15-6-7-15/h11-13,15H,6-10H2,1-3H3,(H,21,22,23). The topological polar surface area (TPSA) is 64.1 Å². The highest BCUT2D eigenvalue weighted by Gasteiger charge is 2.31. The van der Waals surface area contributed by atoms with E-state index in [9.17, 15) is 4.79 Å². The third-order valence-electron chi connectivity index (χ3n) is 4.20. The van der Waals surface area contributed by atoms with Crippen molar-refractivity contribution in [1.82, 2.24) is 9.97 Å². The molecule has 25 heavy (non-hydrogen) atoms. The zero-order chi connectivity index (χ0) is 18.0. The predicted molar refractivity (Wildman–Crippen MR) is 97.2 cm³/mol. The second-order valence-corrected chi connectivity index (χ2v) is 8.25. The molecule has 5 nitrogen and oxygen atoms in total. The Morgan fingerprint density at radius 1 is 1.40 bits per heavy atom. The normalized spacial score (nSPS) is 22.4. The molecule has 0 saturated heterocycles. The van der Waals surface area contributed by atoms with Crippen LogP contribution in [0.25, 0.3) is 0 Å². The van der Waals surface area contributed by atoms with E-state index in [1.54, 1.807) is 6.20 Å². The fourth-order valence-electron chi connectivity index (χ4n) is 2.80. The smallest absolute Gasteiger partial charge is 0.306 e. The highest BCUT2D eigenvalue weighted by atomic mass is 35.5. The lowest BCUT2D eigenvalue weighted by atomic mass is 9.73. The molecular formula is C19H24ClN3O2. The Morgan fingerprint density at radius 2 is 2.12 bits per heavy atom. The number of ether oxygens (including phenoxy) is 1. The van der Waals surface area contributed by atoms with E-state index in [1.807, 2.05) is 20.8 Å². The van der Waals surface area contributed by atoms with E-state index >= 15 is 0 Å². The van der Waals surface area contributed by atoms with Gasteiger partial charge in [-0.25, -0.2) is 4.98 Å². The molecule has 1 N–H and O–H groups in total. The van der Waals surface area contributed by atoms with Crippen molar-refractivity contribution in [3.8, 4) is 11.8 Å². The van der Waals surface area contributed by atoms with Crippen LogP contribution in [0.5, 0.6) is 0 Å². The summed E-state index contributed by atoms with van der Waals surface area (Å²) in [5.41, 5.74) is 0.367. The summed E-state index contributed by atoms with van der Waals surface area (Å²) in [6.07, 6.45) is 6.34. The van der Waals surface area contributed by atoms with Gasteiger partial charge in [0.05, 0.1) is 5.56 Å². The van der Waals surface area contributed by atoms with Gasteiger partial charge in [-0.15, -0.1) is 0 Å². The Bertz CT molecular complexity index is 708. The molecule has 1 aromatic heterocycles. The average molecular weight is 362 g/mol. The SMILES string of the molecule is CC(C)(C)OC(=O)CC1CC(C#Cc2cnc(Cl)nc2NC2CC2)C1. The summed E-state index contributed by atoms with van der Waals surface area (Å²) < 4.78 is 5.37. The van der Waals surface area contributed by atoms with Crippen molar-refractivity contribution in [2.45, 2.75) is 64.5 Å². The highest BCUT2D eigenvalue weighted by Crippen LogP contribution is 2.36. The highest BCUT2D eigenvalue weighted by molar-refractivity contribution is 6.28. The lowest BCUT2D eigenvalue weighted by Crippen LogP contribution is -2.29. The molecule has 2 aliphatic carbocycles. The first-order chi connectivity index (χ1) is 11.8. The Kier molecular flexibility index (Phi) is 5.19. The molecule has 3 rings (SSSR count). The van der Waals surface area contributed by atoms with Crippen LogP contribution < -0.4 is 5.32 Å². The monoisotopic (exact) mass is 361 g/mol. The van der Waals surface area contributed by atoms with Crippen LogP contribution in [0.4, 0.5) is 5.82 Å². The molecule has 2 aliphatic rings. The molecule has 0 aromatic carbocycles. The number of nitrogens with one attached hydrogen (secondary N) is 1. The molecule has 6 heteroatoms. The molecule has 134 valence electrons. The van der Waals surface area contributed by atoms with Crippen LogP contribution in [0.1, 0.15) is 58.4 Å². The Labute approximate surface area is 153 Å². The summed E-state index contributed by atoms with van der Waals surface area (Å²) in [7, 11) is 0. The number of carbonyl (C=O) groups excluding carboxylic acids is 1. The van der Waals surface area contributed by atoms with Crippen molar-refractivity contribution in [3.63, 3.8) is 0 Å². The number of nitrogens with zero attached hydrogens (tertiary/aromatic N) is 2. The van der Waals surface area contributed by atoms with E-state index in [-0.39, 0.29) is 11.3 Å². The Morgan fingerprint density at radius 3 is 2.76 bits per heavy atom. The van der Waals surface area contributed by atoms with Gasteiger partial charge in [-0.3, -0.25) is 4.79 Å².